The molecule has 0 saturated carbocycles. The lowest BCUT2D eigenvalue weighted by molar-refractivity contribution is -0.137. The largest absolute Gasteiger partial charge is 0.418 e. The van der Waals surface area contributed by atoms with Crippen LogP contribution in [0.15, 0.2) is 42.7 Å². The number of alkyl halides is 3. The molecule has 0 aliphatic heterocycles. The SMILES string of the molecule is CCC(C)[C@H](CC(=O)Cc1cccnc1)C(=O)N[C@]1(C(=O)C[C@H](C(N)=S)C(C)CC)CCc2[nH]c3c(C(F)(F)F)cccc3c2C1. The number of ketones is 2. The number of nitrogens with zero attached hydrogens (tertiary/aromatic N) is 1. The van der Waals surface area contributed by atoms with Crippen LogP contribution in [0.1, 0.15) is 82.2 Å². The van der Waals surface area contributed by atoms with Gasteiger partial charge in [0.25, 0.3) is 0 Å². The van der Waals surface area contributed by atoms with Crippen molar-refractivity contribution < 1.29 is 27.6 Å². The standard InChI is InChI=1S/C35H43F3N4O3S/c1-5-20(3)25(32(39)46)17-30(44)34(13-12-29-27(18-34)24-10-7-11-28(31(24)41-29)35(36,37)38)42-33(45)26(21(4)6-2)16-23(43)15-22-9-8-14-40-19-22/h7-11,14,19-21,25-26,41H,5-6,12-13,15-18H2,1-4H3,(H2,39,46)(H,42,45)/t20?,21?,25-,26-,34+/m0/s1. The summed E-state index contributed by atoms with van der Waals surface area (Å²) >= 11 is 5.34. The van der Waals surface area contributed by atoms with Gasteiger partial charge in [0.1, 0.15) is 11.3 Å². The predicted molar refractivity (Wildman–Crippen MR) is 176 cm³/mol. The van der Waals surface area contributed by atoms with Gasteiger partial charge in [-0.1, -0.05) is 71.0 Å². The highest BCUT2D eigenvalue weighted by molar-refractivity contribution is 7.80. The first-order valence-corrected chi connectivity index (χ1v) is 16.4. The number of nitrogens with two attached hydrogens (primary N) is 1. The van der Waals surface area contributed by atoms with Gasteiger partial charge in [-0.25, -0.2) is 0 Å². The number of benzene rings is 1. The third-order valence-electron chi connectivity index (χ3n) is 9.85. The number of aromatic nitrogens is 2. The molecule has 0 saturated heterocycles. The number of carbonyl (C=O) groups excluding carboxylic acids is 3. The van der Waals surface area contributed by atoms with Crippen molar-refractivity contribution in [1.82, 2.24) is 15.3 Å². The van der Waals surface area contributed by atoms with Gasteiger partial charge in [0.2, 0.25) is 5.91 Å². The molecule has 2 aromatic heterocycles. The van der Waals surface area contributed by atoms with Crippen LogP contribution in [0.4, 0.5) is 13.2 Å². The molecule has 3 aromatic rings. The number of hydrogen-bond donors (Lipinski definition) is 3. The molecule has 4 N–H and O–H groups in total. The van der Waals surface area contributed by atoms with Gasteiger partial charge in [-0.3, -0.25) is 19.4 Å². The van der Waals surface area contributed by atoms with Crippen molar-refractivity contribution in [2.75, 3.05) is 0 Å². The summed E-state index contributed by atoms with van der Waals surface area (Å²) < 4.78 is 41.7. The Morgan fingerprint density at radius 1 is 1.07 bits per heavy atom. The van der Waals surface area contributed by atoms with Gasteiger partial charge in [0.15, 0.2) is 5.78 Å². The average Bonchev–Trinajstić information content (AvgIpc) is 3.39. The van der Waals surface area contributed by atoms with Crippen molar-refractivity contribution in [1.29, 1.82) is 0 Å². The molecule has 248 valence electrons. The second kappa shape index (κ2) is 14.4. The first-order valence-electron chi connectivity index (χ1n) is 16.0. The van der Waals surface area contributed by atoms with Crippen LogP contribution in [0.3, 0.4) is 0 Å². The highest BCUT2D eigenvalue weighted by Gasteiger charge is 2.46. The van der Waals surface area contributed by atoms with Crippen LogP contribution in [0.5, 0.6) is 0 Å². The van der Waals surface area contributed by atoms with E-state index in [2.05, 4.69) is 15.3 Å². The van der Waals surface area contributed by atoms with Crippen LogP contribution in [0.25, 0.3) is 10.9 Å². The molecule has 11 heteroatoms. The molecule has 1 amide bonds. The van der Waals surface area contributed by atoms with E-state index in [4.69, 9.17) is 18.0 Å². The summed E-state index contributed by atoms with van der Waals surface area (Å²) in [5, 5.41) is 3.45. The number of hydrogen-bond acceptors (Lipinski definition) is 5. The molecule has 0 fully saturated rings. The number of H-pyrrole nitrogens is 1. The number of aryl methyl sites for hydroxylation is 1. The topological polar surface area (TPSA) is 118 Å². The maximum atomic E-state index is 14.4. The molecule has 1 aliphatic carbocycles. The Balaban J connectivity index is 1.72. The van der Waals surface area contributed by atoms with E-state index in [1.807, 2.05) is 27.7 Å². The first-order chi connectivity index (χ1) is 21.7. The molecular formula is C35H43F3N4O3S. The molecule has 0 radical (unpaired) electrons. The molecule has 2 unspecified atom stereocenters. The number of aromatic amines is 1. The van der Waals surface area contributed by atoms with Crippen molar-refractivity contribution in [3.05, 3.63) is 65.1 Å². The zero-order valence-electron chi connectivity index (χ0n) is 26.8. The minimum Gasteiger partial charge on any atom is -0.393 e. The van der Waals surface area contributed by atoms with Gasteiger partial charge >= 0.3 is 6.18 Å². The first kappa shape index (κ1) is 35.3. The maximum absolute atomic E-state index is 14.4. The monoisotopic (exact) mass is 656 g/mol. The van der Waals surface area contributed by atoms with E-state index in [1.54, 1.807) is 30.6 Å². The molecular weight excluding hydrogens is 613 g/mol. The van der Waals surface area contributed by atoms with Crippen molar-refractivity contribution in [3.8, 4) is 0 Å². The number of halogens is 3. The summed E-state index contributed by atoms with van der Waals surface area (Å²) in [4.78, 5) is 49.0. The van der Waals surface area contributed by atoms with Crippen molar-refractivity contribution in [2.45, 2.75) is 90.8 Å². The zero-order valence-corrected chi connectivity index (χ0v) is 27.6. The molecule has 2 heterocycles. The van der Waals surface area contributed by atoms with Crippen molar-refractivity contribution in [3.63, 3.8) is 0 Å². The summed E-state index contributed by atoms with van der Waals surface area (Å²) in [5.74, 6) is -2.09. The molecule has 5 atom stereocenters. The van der Waals surface area contributed by atoms with E-state index in [1.165, 1.54) is 6.07 Å². The van der Waals surface area contributed by atoms with Gasteiger partial charge < -0.3 is 16.0 Å². The average molecular weight is 657 g/mol. The minimum absolute atomic E-state index is 0.00810. The van der Waals surface area contributed by atoms with E-state index < -0.39 is 35.0 Å². The normalized spacial score (nSPS) is 19.1. The van der Waals surface area contributed by atoms with E-state index in [-0.39, 0.29) is 72.4 Å². The third-order valence-corrected chi connectivity index (χ3v) is 10.2. The Hall–Kier alpha value is -3.60. The summed E-state index contributed by atoms with van der Waals surface area (Å²) in [5.41, 5.74) is 5.79. The van der Waals surface area contributed by atoms with E-state index in [9.17, 15) is 27.6 Å². The number of para-hydroxylation sites is 1. The number of amides is 1. The van der Waals surface area contributed by atoms with Crippen molar-refractivity contribution >= 4 is 45.6 Å². The lowest BCUT2D eigenvalue weighted by Crippen LogP contribution is -2.60. The quantitative estimate of drug-likeness (QED) is 0.166. The number of carbonyl (C=O) groups is 3. The number of fused-ring (bicyclic) bond motifs is 3. The minimum atomic E-state index is -4.57. The molecule has 1 aromatic carbocycles. The smallest absolute Gasteiger partial charge is 0.393 e. The number of thiocarbonyl (C=S) groups is 1. The van der Waals surface area contributed by atoms with Crippen LogP contribution in [0.2, 0.25) is 0 Å². The highest BCUT2D eigenvalue weighted by Crippen LogP contribution is 2.41. The number of Topliss-reactive ketones (excluding diaryl/α,β-unsaturated/α-hetero) is 2. The number of rotatable bonds is 14. The maximum Gasteiger partial charge on any atom is 0.418 e. The fourth-order valence-electron chi connectivity index (χ4n) is 6.60. The zero-order chi connectivity index (χ0) is 33.8. The summed E-state index contributed by atoms with van der Waals surface area (Å²) in [6.07, 6.45) is 0.571. The second-order valence-electron chi connectivity index (χ2n) is 12.9. The Morgan fingerprint density at radius 3 is 2.37 bits per heavy atom. The third kappa shape index (κ3) is 7.67. The van der Waals surface area contributed by atoms with Crippen LogP contribution < -0.4 is 11.1 Å². The van der Waals surface area contributed by atoms with Crippen LogP contribution in [-0.4, -0.2) is 38.0 Å². The van der Waals surface area contributed by atoms with Crippen LogP contribution in [0, 0.1) is 23.7 Å². The predicted octanol–water partition coefficient (Wildman–Crippen LogP) is 6.70. The summed E-state index contributed by atoms with van der Waals surface area (Å²) in [7, 11) is 0. The van der Waals surface area contributed by atoms with Gasteiger partial charge in [0, 0.05) is 61.0 Å². The fraction of sp³-hybridized carbons (Fsp3) is 0.514. The molecule has 0 spiro atoms. The van der Waals surface area contributed by atoms with Crippen molar-refractivity contribution in [2.24, 2.45) is 29.4 Å². The lowest BCUT2D eigenvalue weighted by Gasteiger charge is -2.39. The number of pyridine rings is 1. The molecule has 7 nitrogen and oxygen atoms in total. The Labute approximate surface area is 273 Å². The second-order valence-corrected chi connectivity index (χ2v) is 13.3. The molecule has 0 bridgehead atoms. The number of nitrogens with one attached hydrogen (secondary N) is 2. The summed E-state index contributed by atoms with van der Waals surface area (Å²) in [6.45, 7) is 7.79. The summed E-state index contributed by atoms with van der Waals surface area (Å²) in [6, 6.07) is 7.54. The van der Waals surface area contributed by atoms with Gasteiger partial charge in [-0.15, -0.1) is 0 Å². The molecule has 4 rings (SSSR count). The van der Waals surface area contributed by atoms with Gasteiger partial charge in [-0.05, 0) is 47.9 Å². The van der Waals surface area contributed by atoms with Crippen LogP contribution >= 0.6 is 12.2 Å². The van der Waals surface area contributed by atoms with Gasteiger partial charge in [0.05, 0.1) is 16.1 Å². The molecule has 1 aliphatic rings. The highest BCUT2D eigenvalue weighted by atomic mass is 32.1. The van der Waals surface area contributed by atoms with Gasteiger partial charge in [-0.2, -0.15) is 13.2 Å². The Bertz CT molecular complexity index is 1590. The van der Waals surface area contributed by atoms with E-state index >= 15 is 0 Å². The fourth-order valence-corrected chi connectivity index (χ4v) is 6.91. The van der Waals surface area contributed by atoms with E-state index in [0.717, 1.165) is 18.1 Å². The lowest BCUT2D eigenvalue weighted by atomic mass is 9.72. The molecule has 46 heavy (non-hydrogen) atoms. The Morgan fingerprint density at radius 2 is 1.76 bits per heavy atom. The van der Waals surface area contributed by atoms with Crippen LogP contribution in [-0.2, 0) is 39.8 Å². The van der Waals surface area contributed by atoms with E-state index in [0.29, 0.717) is 23.1 Å². The Kier molecular flexibility index (Phi) is 11.1.